The molecule has 4 nitrogen and oxygen atoms in total. The molecule has 8 heteroatoms. The molecule has 0 fully saturated rings. The van der Waals surface area contributed by atoms with Crippen molar-refractivity contribution in [2.24, 2.45) is 0 Å². The summed E-state index contributed by atoms with van der Waals surface area (Å²) in [6, 6.07) is 8.07. The van der Waals surface area contributed by atoms with Gasteiger partial charge in [0.2, 0.25) is 0 Å². The van der Waals surface area contributed by atoms with Crippen LogP contribution in [0.5, 0.6) is 0 Å². The molecule has 1 aromatic carbocycles. The van der Waals surface area contributed by atoms with E-state index in [0.717, 1.165) is 0 Å². The normalized spacial score (nSPS) is 12.4. The number of benzene rings is 1. The molecule has 21 heavy (non-hydrogen) atoms. The number of hydrogen-bond donors (Lipinski definition) is 0. The highest BCUT2D eigenvalue weighted by atomic mass is 32.2. The van der Waals surface area contributed by atoms with Crippen LogP contribution in [-0.2, 0) is 13.6 Å². The van der Waals surface area contributed by atoms with Crippen molar-refractivity contribution >= 4 is 25.1 Å². The van der Waals surface area contributed by atoms with Crippen LogP contribution < -0.4 is 0 Å². The Morgan fingerprint density at radius 3 is 2.19 bits per heavy atom. The van der Waals surface area contributed by atoms with Gasteiger partial charge >= 0.3 is 12.6 Å². The van der Waals surface area contributed by atoms with E-state index in [1.165, 1.54) is 26.0 Å². The zero-order chi connectivity index (χ0) is 15.9. The predicted octanol–water partition coefficient (Wildman–Crippen LogP) is 4.42. The first-order valence-corrected chi connectivity index (χ1v) is 8.88. The van der Waals surface area contributed by atoms with Gasteiger partial charge in [-0.1, -0.05) is 42.1 Å². The van der Waals surface area contributed by atoms with Crippen LogP contribution >= 0.6 is 19.4 Å². The van der Waals surface area contributed by atoms with Gasteiger partial charge in [-0.05, 0) is 13.8 Å². The summed E-state index contributed by atoms with van der Waals surface area (Å²) in [6.45, 7) is 2.56. The lowest BCUT2D eigenvalue weighted by atomic mass is 10.2. The molecule has 0 radical (unpaired) electrons. The maximum absolute atomic E-state index is 14.0. The van der Waals surface area contributed by atoms with E-state index >= 15 is 0 Å². The predicted molar refractivity (Wildman–Crippen MR) is 79.0 cm³/mol. The Balaban J connectivity index is 2.75. The highest BCUT2D eigenvalue weighted by Gasteiger charge is 2.54. The first-order chi connectivity index (χ1) is 9.86. The van der Waals surface area contributed by atoms with E-state index < -0.39 is 24.1 Å². The summed E-state index contributed by atoms with van der Waals surface area (Å²) in [5.41, 5.74) is 0.323. The Hall–Kier alpha value is -0.750. The number of ketones is 1. The van der Waals surface area contributed by atoms with Crippen LogP contribution in [0, 0.1) is 0 Å². The van der Waals surface area contributed by atoms with Crippen molar-refractivity contribution in [2.45, 2.75) is 18.8 Å². The monoisotopic (exact) mass is 338 g/mol. The zero-order valence-electron chi connectivity index (χ0n) is 11.8. The van der Waals surface area contributed by atoms with E-state index in [2.05, 4.69) is 9.05 Å². The topological polar surface area (TPSA) is 52.6 Å². The number of carbonyl (C=O) groups is 1. The van der Waals surface area contributed by atoms with Gasteiger partial charge in [0.25, 0.3) is 0 Å². The van der Waals surface area contributed by atoms with Gasteiger partial charge in [-0.15, -0.1) is 0 Å². The molecule has 0 bridgehead atoms. The largest absolute Gasteiger partial charge is 0.410 e. The Morgan fingerprint density at radius 1 is 1.19 bits per heavy atom. The summed E-state index contributed by atoms with van der Waals surface area (Å²) in [5.74, 6) is -0.985. The zero-order valence-corrected chi connectivity index (χ0v) is 13.5. The quantitative estimate of drug-likeness (QED) is 0.493. The number of thioether (sulfide) groups is 1. The number of halogens is 2. The number of carbonyl (C=O) groups excluding carboxylic acids is 1. The molecule has 0 aliphatic heterocycles. The van der Waals surface area contributed by atoms with Gasteiger partial charge in [0.05, 0.1) is 19.0 Å². The third kappa shape index (κ3) is 4.88. The molecule has 0 saturated heterocycles. The van der Waals surface area contributed by atoms with Crippen molar-refractivity contribution in [2.75, 3.05) is 19.0 Å². The molecule has 0 heterocycles. The molecule has 0 amide bonds. The van der Waals surface area contributed by atoms with Crippen molar-refractivity contribution in [1.82, 2.24) is 0 Å². The molecule has 0 N–H and O–H groups in total. The Labute approximate surface area is 126 Å². The molecular weight excluding hydrogens is 321 g/mol. The molecule has 0 saturated carbocycles. The average Bonchev–Trinajstić information content (AvgIpc) is 2.46. The van der Waals surface area contributed by atoms with E-state index in [1.807, 2.05) is 0 Å². The third-order valence-electron chi connectivity index (χ3n) is 2.39. The lowest BCUT2D eigenvalue weighted by molar-refractivity contribution is 0.101. The van der Waals surface area contributed by atoms with Gasteiger partial charge < -0.3 is 9.05 Å². The van der Waals surface area contributed by atoms with Crippen LogP contribution in [0.15, 0.2) is 30.3 Å². The lowest BCUT2D eigenvalue weighted by Gasteiger charge is -2.24. The average molecular weight is 338 g/mol. The second-order valence-electron chi connectivity index (χ2n) is 3.90. The van der Waals surface area contributed by atoms with Gasteiger partial charge in [-0.25, -0.2) is 0 Å². The molecule has 0 atom stereocenters. The van der Waals surface area contributed by atoms with Gasteiger partial charge in [-0.3, -0.25) is 9.36 Å². The van der Waals surface area contributed by atoms with Crippen LogP contribution in [0.1, 0.15) is 24.2 Å². The van der Waals surface area contributed by atoms with Crippen molar-refractivity contribution < 1.29 is 27.2 Å². The number of rotatable bonds is 9. The molecule has 1 aromatic rings. The van der Waals surface area contributed by atoms with Crippen molar-refractivity contribution in [1.29, 1.82) is 0 Å². The SMILES string of the molecule is CCOP(=O)(OCC)C(F)(F)SCC(=O)c1ccccc1. The van der Waals surface area contributed by atoms with Crippen molar-refractivity contribution in [3.05, 3.63) is 35.9 Å². The van der Waals surface area contributed by atoms with Gasteiger partial charge in [0, 0.05) is 5.56 Å². The summed E-state index contributed by atoms with van der Waals surface area (Å²) in [6.07, 6.45) is 0. The van der Waals surface area contributed by atoms with E-state index in [0.29, 0.717) is 5.56 Å². The van der Waals surface area contributed by atoms with Crippen LogP contribution in [0.4, 0.5) is 8.78 Å². The molecule has 0 aromatic heterocycles. The Bertz CT molecular complexity index is 500. The summed E-state index contributed by atoms with van der Waals surface area (Å²) < 4.78 is 49.3. The molecule has 118 valence electrons. The highest BCUT2D eigenvalue weighted by molar-refractivity contribution is 8.06. The molecule has 0 aliphatic carbocycles. The summed E-state index contributed by atoms with van der Waals surface area (Å²) in [4.78, 5) is 8.03. The van der Waals surface area contributed by atoms with E-state index in [1.54, 1.807) is 18.2 Å². The number of Topliss-reactive ketones (excluding diaryl/α,β-unsaturated/α-hetero) is 1. The van der Waals surface area contributed by atoms with Gasteiger partial charge in [0.15, 0.2) is 5.78 Å². The molecular formula is C13H17F2O4PS. The number of hydrogen-bond acceptors (Lipinski definition) is 5. The third-order valence-corrected chi connectivity index (χ3v) is 6.04. The summed E-state index contributed by atoms with van der Waals surface area (Å²) in [5, 5.41) is 0. The summed E-state index contributed by atoms with van der Waals surface area (Å²) in [7, 11) is -4.59. The Morgan fingerprint density at radius 2 is 1.71 bits per heavy atom. The molecule has 0 aliphatic rings. The van der Waals surface area contributed by atoms with E-state index in [4.69, 9.17) is 0 Å². The van der Waals surface area contributed by atoms with Gasteiger partial charge in [0.1, 0.15) is 0 Å². The molecule has 0 unspecified atom stereocenters. The standard InChI is InChI=1S/C13H17F2O4PS/c1-3-18-20(17,19-4-2)13(14,15)21-10-12(16)11-8-6-5-7-9-11/h5-9H,3-4,10H2,1-2H3. The van der Waals surface area contributed by atoms with E-state index in [9.17, 15) is 18.1 Å². The van der Waals surface area contributed by atoms with Crippen LogP contribution in [0.25, 0.3) is 0 Å². The minimum atomic E-state index is -4.59. The lowest BCUT2D eigenvalue weighted by Crippen LogP contribution is -2.19. The van der Waals surface area contributed by atoms with Crippen LogP contribution in [0.2, 0.25) is 0 Å². The maximum Gasteiger partial charge on any atom is 0.410 e. The minimum Gasteiger partial charge on any atom is -0.304 e. The fourth-order valence-corrected chi connectivity index (χ4v) is 4.14. The van der Waals surface area contributed by atoms with Crippen molar-refractivity contribution in [3.8, 4) is 0 Å². The molecule has 0 spiro atoms. The van der Waals surface area contributed by atoms with Crippen molar-refractivity contribution in [3.63, 3.8) is 0 Å². The first kappa shape index (κ1) is 18.3. The fraction of sp³-hybridized carbons (Fsp3) is 0.462. The molecule has 1 rings (SSSR count). The van der Waals surface area contributed by atoms with Crippen LogP contribution in [-0.4, -0.2) is 29.7 Å². The summed E-state index contributed by atoms with van der Waals surface area (Å²) >= 11 is -0.0275. The van der Waals surface area contributed by atoms with Crippen LogP contribution in [0.3, 0.4) is 0 Å². The maximum atomic E-state index is 14.0. The minimum absolute atomic E-state index is 0.0275. The Kier molecular flexibility index (Phi) is 7.00. The smallest absolute Gasteiger partial charge is 0.304 e. The second-order valence-corrected chi connectivity index (χ2v) is 7.36. The second kappa shape index (κ2) is 8.03. The van der Waals surface area contributed by atoms with Gasteiger partial charge in [-0.2, -0.15) is 8.78 Å². The number of alkyl halides is 2. The van der Waals surface area contributed by atoms with E-state index in [-0.39, 0.29) is 25.0 Å². The first-order valence-electron chi connectivity index (χ1n) is 6.35. The fourth-order valence-electron chi connectivity index (χ4n) is 1.47. The highest BCUT2D eigenvalue weighted by Crippen LogP contribution is 2.66.